The van der Waals surface area contributed by atoms with Gasteiger partial charge in [-0.15, -0.1) is 0 Å². The minimum Gasteiger partial charge on any atom is -0.369 e. The first-order valence-corrected chi connectivity index (χ1v) is 13.2. The van der Waals surface area contributed by atoms with Gasteiger partial charge < -0.3 is 9.80 Å². The lowest BCUT2D eigenvalue weighted by Gasteiger charge is -2.34. The van der Waals surface area contributed by atoms with Crippen LogP contribution in [-0.4, -0.2) is 22.9 Å². The molecule has 0 radical (unpaired) electrons. The van der Waals surface area contributed by atoms with Crippen molar-refractivity contribution in [1.29, 1.82) is 0 Å². The monoisotopic (exact) mass is 558 g/mol. The standard InChI is InChI=1S/C27H25Cl2FN4O4/c28-20-7-4-17(14-26(20)33(35)36)23-10-11-24(18-5-8-21(29)27(15-18)34(37)38)32(23)19-6-9-25(22(30)16-19)31-12-2-1-3-13-31/h4-9,14-16,23-24H,1-3,10-13H2. The number of hydrogen-bond acceptors (Lipinski definition) is 6. The molecular weight excluding hydrogens is 534 g/mol. The number of anilines is 2. The highest BCUT2D eigenvalue weighted by atomic mass is 35.5. The summed E-state index contributed by atoms with van der Waals surface area (Å²) < 4.78 is 15.5. The van der Waals surface area contributed by atoms with E-state index >= 15 is 4.39 Å². The van der Waals surface area contributed by atoms with E-state index in [2.05, 4.69) is 0 Å². The van der Waals surface area contributed by atoms with Gasteiger partial charge in [0.1, 0.15) is 15.9 Å². The zero-order valence-electron chi connectivity index (χ0n) is 20.4. The predicted molar refractivity (Wildman–Crippen MR) is 146 cm³/mol. The molecule has 2 aliphatic heterocycles. The Morgan fingerprint density at radius 1 is 0.763 bits per heavy atom. The van der Waals surface area contributed by atoms with Crippen LogP contribution in [0.5, 0.6) is 0 Å². The van der Waals surface area contributed by atoms with E-state index < -0.39 is 9.85 Å². The van der Waals surface area contributed by atoms with E-state index in [9.17, 15) is 20.2 Å². The summed E-state index contributed by atoms with van der Waals surface area (Å²) in [6.07, 6.45) is 4.35. The molecule has 0 saturated carbocycles. The Bertz CT molecular complexity index is 1330. The van der Waals surface area contributed by atoms with Gasteiger partial charge in [0.05, 0.1) is 27.6 Å². The lowest BCUT2D eigenvalue weighted by Crippen LogP contribution is -2.30. The van der Waals surface area contributed by atoms with Gasteiger partial charge in [0.25, 0.3) is 11.4 Å². The smallest absolute Gasteiger partial charge is 0.288 e. The van der Waals surface area contributed by atoms with Gasteiger partial charge in [0.15, 0.2) is 0 Å². The maximum Gasteiger partial charge on any atom is 0.288 e. The first-order valence-electron chi connectivity index (χ1n) is 12.4. The molecular formula is C27H25Cl2FN4O4. The summed E-state index contributed by atoms with van der Waals surface area (Å²) in [5, 5.41) is 23.2. The van der Waals surface area contributed by atoms with E-state index in [1.807, 2.05) is 15.9 Å². The summed E-state index contributed by atoms with van der Waals surface area (Å²) in [5.74, 6) is -0.349. The molecule has 38 heavy (non-hydrogen) atoms. The van der Waals surface area contributed by atoms with Crippen molar-refractivity contribution in [3.8, 4) is 0 Å². The fraction of sp³-hybridized carbons (Fsp3) is 0.333. The fourth-order valence-electron chi connectivity index (χ4n) is 5.63. The second-order valence-corrected chi connectivity index (χ2v) is 10.4. The first-order chi connectivity index (χ1) is 18.2. The summed E-state index contributed by atoms with van der Waals surface area (Å²) in [6.45, 7) is 1.60. The Hall–Kier alpha value is -3.43. The average Bonchev–Trinajstić information content (AvgIpc) is 3.34. The summed E-state index contributed by atoms with van der Waals surface area (Å²) in [5.41, 5.74) is 2.04. The molecule has 8 nitrogen and oxygen atoms in total. The van der Waals surface area contributed by atoms with Gasteiger partial charge in [-0.2, -0.15) is 0 Å². The van der Waals surface area contributed by atoms with Crippen LogP contribution in [0.15, 0.2) is 54.6 Å². The van der Waals surface area contributed by atoms with Gasteiger partial charge >= 0.3 is 0 Å². The van der Waals surface area contributed by atoms with Crippen LogP contribution in [0, 0.1) is 26.0 Å². The summed E-state index contributed by atoms with van der Waals surface area (Å²) in [6, 6.07) is 13.8. The molecule has 3 aromatic carbocycles. The molecule has 2 aliphatic rings. The number of benzene rings is 3. The van der Waals surface area contributed by atoms with Gasteiger partial charge in [0, 0.05) is 30.9 Å². The second kappa shape index (κ2) is 10.7. The Morgan fingerprint density at radius 3 is 1.76 bits per heavy atom. The van der Waals surface area contributed by atoms with Gasteiger partial charge in [-0.25, -0.2) is 4.39 Å². The lowest BCUT2D eigenvalue weighted by molar-refractivity contribution is -0.384. The molecule has 0 bridgehead atoms. The van der Waals surface area contributed by atoms with Crippen molar-refractivity contribution in [2.75, 3.05) is 22.9 Å². The number of halogens is 3. The van der Waals surface area contributed by atoms with Crippen molar-refractivity contribution >= 4 is 46.0 Å². The molecule has 5 rings (SSSR count). The van der Waals surface area contributed by atoms with Crippen LogP contribution in [0.25, 0.3) is 0 Å². The third-order valence-corrected chi connectivity index (χ3v) is 8.05. The summed E-state index contributed by atoms with van der Waals surface area (Å²) in [4.78, 5) is 26.1. The maximum atomic E-state index is 15.5. The molecule has 0 amide bonds. The molecule has 2 unspecified atom stereocenters. The van der Waals surface area contributed by atoms with E-state index in [0.29, 0.717) is 35.3 Å². The molecule has 3 aromatic rings. The third-order valence-electron chi connectivity index (χ3n) is 7.41. The Labute approximate surface area is 228 Å². The van der Waals surface area contributed by atoms with Gasteiger partial charge in [-0.1, -0.05) is 35.3 Å². The van der Waals surface area contributed by atoms with Crippen molar-refractivity contribution < 1.29 is 14.2 Å². The SMILES string of the molecule is O=[N+]([O-])c1cc(C2CCC(c3ccc(Cl)c([N+](=O)[O-])c3)N2c2ccc(N3CCCCC3)c(F)c2)ccc1Cl. The summed E-state index contributed by atoms with van der Waals surface area (Å²) in [7, 11) is 0. The van der Waals surface area contributed by atoms with E-state index in [4.69, 9.17) is 23.2 Å². The number of hydrogen-bond donors (Lipinski definition) is 0. The van der Waals surface area contributed by atoms with Crippen molar-refractivity contribution in [2.45, 2.75) is 44.2 Å². The van der Waals surface area contributed by atoms with E-state index in [1.165, 1.54) is 30.3 Å². The van der Waals surface area contributed by atoms with E-state index in [-0.39, 0.29) is 39.3 Å². The largest absolute Gasteiger partial charge is 0.369 e. The molecule has 0 aliphatic carbocycles. The zero-order valence-corrected chi connectivity index (χ0v) is 21.9. The number of nitro groups is 2. The lowest BCUT2D eigenvalue weighted by atomic mass is 10.0. The molecule has 0 N–H and O–H groups in total. The molecule has 198 valence electrons. The first kappa shape index (κ1) is 26.2. The molecule has 2 heterocycles. The van der Waals surface area contributed by atoms with Crippen molar-refractivity contribution in [3.63, 3.8) is 0 Å². The molecule has 2 saturated heterocycles. The van der Waals surface area contributed by atoms with Gasteiger partial charge in [-0.3, -0.25) is 20.2 Å². The van der Waals surface area contributed by atoms with Gasteiger partial charge in [-0.05, 0) is 73.6 Å². The third kappa shape index (κ3) is 5.00. The topological polar surface area (TPSA) is 92.8 Å². The highest BCUT2D eigenvalue weighted by Crippen LogP contribution is 2.49. The van der Waals surface area contributed by atoms with Crippen LogP contribution in [0.2, 0.25) is 10.0 Å². The van der Waals surface area contributed by atoms with Crippen molar-refractivity contribution in [3.05, 3.63) is 102 Å². The number of nitrogens with zero attached hydrogens (tertiary/aromatic N) is 4. The molecule has 0 aromatic heterocycles. The zero-order chi connectivity index (χ0) is 27.0. The maximum absolute atomic E-state index is 15.5. The van der Waals surface area contributed by atoms with Crippen LogP contribution in [0.4, 0.5) is 27.1 Å². The molecule has 0 spiro atoms. The molecule has 2 fully saturated rings. The fourth-order valence-corrected chi connectivity index (χ4v) is 6.00. The predicted octanol–water partition coefficient (Wildman–Crippen LogP) is 8.02. The minimum atomic E-state index is -0.530. The number of rotatable bonds is 6. The quantitative estimate of drug-likeness (QED) is 0.224. The Morgan fingerprint density at radius 2 is 1.29 bits per heavy atom. The molecule has 11 heteroatoms. The second-order valence-electron chi connectivity index (χ2n) is 9.64. The minimum absolute atomic E-state index is 0.0325. The number of piperidine rings is 1. The molecule has 2 atom stereocenters. The highest BCUT2D eigenvalue weighted by molar-refractivity contribution is 6.33. The van der Waals surface area contributed by atoms with E-state index in [1.54, 1.807) is 18.2 Å². The number of nitro benzene ring substituents is 2. The van der Waals surface area contributed by atoms with Crippen LogP contribution < -0.4 is 9.80 Å². The van der Waals surface area contributed by atoms with Crippen LogP contribution in [-0.2, 0) is 0 Å². The van der Waals surface area contributed by atoms with Crippen molar-refractivity contribution in [2.24, 2.45) is 0 Å². The Balaban J connectivity index is 1.59. The highest BCUT2D eigenvalue weighted by Gasteiger charge is 2.37. The van der Waals surface area contributed by atoms with E-state index in [0.717, 1.165) is 32.4 Å². The van der Waals surface area contributed by atoms with Gasteiger partial charge in [0.2, 0.25) is 0 Å². The normalized spacial score (nSPS) is 19.6. The van der Waals surface area contributed by atoms with Crippen LogP contribution >= 0.6 is 23.2 Å². The Kier molecular flexibility index (Phi) is 7.40. The summed E-state index contributed by atoms with van der Waals surface area (Å²) >= 11 is 12.1. The average molecular weight is 559 g/mol. The van der Waals surface area contributed by atoms with Crippen LogP contribution in [0.1, 0.15) is 55.3 Å². The van der Waals surface area contributed by atoms with Crippen molar-refractivity contribution in [1.82, 2.24) is 0 Å². The van der Waals surface area contributed by atoms with Crippen LogP contribution in [0.3, 0.4) is 0 Å².